The van der Waals surface area contributed by atoms with Crippen LogP contribution in [0.2, 0.25) is 0 Å². The molecule has 0 bridgehead atoms. The van der Waals surface area contributed by atoms with Crippen LogP contribution in [-0.4, -0.2) is 65.5 Å². The molecule has 0 spiro atoms. The lowest BCUT2D eigenvalue weighted by atomic mass is 10.1. The van der Waals surface area contributed by atoms with Crippen LogP contribution >= 0.6 is 0 Å². The molecule has 2 heterocycles. The van der Waals surface area contributed by atoms with Crippen LogP contribution in [-0.2, 0) is 4.74 Å². The molecule has 0 aliphatic carbocycles. The van der Waals surface area contributed by atoms with Gasteiger partial charge in [-0.25, -0.2) is 9.67 Å². The molecule has 0 atom stereocenters. The third-order valence-electron chi connectivity index (χ3n) is 5.91. The Hall–Kier alpha value is -4.13. The second-order valence-corrected chi connectivity index (χ2v) is 8.18. The summed E-state index contributed by atoms with van der Waals surface area (Å²) in [5.41, 5.74) is 4.05. The Morgan fingerprint density at radius 1 is 1.22 bits per heavy atom. The summed E-state index contributed by atoms with van der Waals surface area (Å²) >= 11 is 0. The number of hydrogen-bond acceptors (Lipinski definition) is 5. The molecule has 0 N–H and O–H groups in total. The molecule has 7 heteroatoms. The molecule has 188 valence electrons. The number of aliphatic imine (C=N–C) groups is 1. The third kappa shape index (κ3) is 6.50. The molecule has 1 amide bonds. The predicted octanol–water partition coefficient (Wildman–Crippen LogP) is 5.39. The molecular formula is C29H35N5O2. The highest BCUT2D eigenvalue weighted by atomic mass is 16.5. The highest BCUT2D eigenvalue weighted by Gasteiger charge is 2.22. The standard InChI is InChI=1S/C29H35N5O2/c1-6-9-16-24(7-2)32(4)19-20-33(8-3)29(35)26-21-27(23-14-11-10-12-15-23)34(31-26)25-17-13-18-28(36-5)30-22-25/h6-7,9-12,14-18,21-22H,1,8,13,19-20H2,2-5H3/b16-9-,24-7+. The summed E-state index contributed by atoms with van der Waals surface area (Å²) in [6.07, 6.45) is 14.0. The zero-order valence-electron chi connectivity index (χ0n) is 21.6. The minimum Gasteiger partial charge on any atom is -0.481 e. The number of likely N-dealkylation sites (N-methyl/N-ethyl adjacent to an activating group) is 2. The van der Waals surface area contributed by atoms with Gasteiger partial charge in [-0.2, -0.15) is 5.10 Å². The molecule has 1 aromatic heterocycles. The van der Waals surface area contributed by atoms with Crippen molar-refractivity contribution in [2.45, 2.75) is 20.3 Å². The Labute approximate surface area is 214 Å². The van der Waals surface area contributed by atoms with E-state index in [4.69, 9.17) is 9.84 Å². The van der Waals surface area contributed by atoms with Gasteiger partial charge in [0.05, 0.1) is 24.7 Å². The monoisotopic (exact) mass is 485 g/mol. The van der Waals surface area contributed by atoms with E-state index in [1.54, 1.807) is 24.1 Å². The second kappa shape index (κ2) is 13.1. The lowest BCUT2D eigenvalue weighted by Crippen LogP contribution is -2.37. The molecule has 2 aromatic rings. The molecule has 0 saturated carbocycles. The second-order valence-electron chi connectivity index (χ2n) is 8.18. The first-order chi connectivity index (χ1) is 17.5. The molecule has 0 fully saturated rings. The Morgan fingerprint density at radius 3 is 2.67 bits per heavy atom. The highest BCUT2D eigenvalue weighted by Crippen LogP contribution is 2.25. The van der Waals surface area contributed by atoms with E-state index in [0.717, 1.165) is 22.7 Å². The average molecular weight is 486 g/mol. The number of carbonyl (C=O) groups is 1. The SMILES string of the molecule is C=C/C=C\C(=C/C)N(C)CCN(CC)C(=O)c1cc(-c2ccccc2)n(C2=CCC=C(OC)N=C2)n1. The number of amides is 1. The van der Waals surface area contributed by atoms with Crippen molar-refractivity contribution in [3.8, 4) is 11.3 Å². The number of rotatable bonds is 11. The number of ether oxygens (including phenoxy) is 1. The topological polar surface area (TPSA) is 63.0 Å². The smallest absolute Gasteiger partial charge is 0.274 e. The van der Waals surface area contributed by atoms with Gasteiger partial charge >= 0.3 is 0 Å². The molecule has 1 aromatic carbocycles. The van der Waals surface area contributed by atoms with Crippen molar-refractivity contribution in [1.29, 1.82) is 0 Å². The minimum absolute atomic E-state index is 0.104. The van der Waals surface area contributed by atoms with Crippen molar-refractivity contribution >= 4 is 17.8 Å². The van der Waals surface area contributed by atoms with Gasteiger partial charge in [-0.3, -0.25) is 4.79 Å². The molecule has 36 heavy (non-hydrogen) atoms. The summed E-state index contributed by atoms with van der Waals surface area (Å²) in [5, 5.41) is 4.75. The zero-order valence-corrected chi connectivity index (χ0v) is 21.6. The van der Waals surface area contributed by atoms with Crippen molar-refractivity contribution in [2.75, 3.05) is 33.8 Å². The number of benzene rings is 1. The first kappa shape index (κ1) is 26.5. The summed E-state index contributed by atoms with van der Waals surface area (Å²) < 4.78 is 7.06. The van der Waals surface area contributed by atoms with Gasteiger partial charge in [-0.15, -0.1) is 0 Å². The molecule has 7 nitrogen and oxygen atoms in total. The van der Waals surface area contributed by atoms with Gasteiger partial charge in [0, 0.05) is 37.9 Å². The van der Waals surface area contributed by atoms with Crippen LogP contribution in [0.5, 0.6) is 0 Å². The van der Waals surface area contributed by atoms with Crippen LogP contribution in [0.3, 0.4) is 0 Å². The van der Waals surface area contributed by atoms with E-state index in [1.165, 1.54) is 0 Å². The van der Waals surface area contributed by atoms with E-state index in [-0.39, 0.29) is 5.91 Å². The van der Waals surface area contributed by atoms with Crippen LogP contribution < -0.4 is 0 Å². The van der Waals surface area contributed by atoms with E-state index in [1.807, 2.05) is 92.6 Å². The normalized spacial score (nSPS) is 13.7. The van der Waals surface area contributed by atoms with Crippen LogP contribution in [0.25, 0.3) is 17.0 Å². The number of aromatic nitrogens is 2. The average Bonchev–Trinajstić information content (AvgIpc) is 3.21. The Bertz CT molecular complexity index is 1200. The van der Waals surface area contributed by atoms with E-state index >= 15 is 0 Å². The molecule has 1 aliphatic rings. The first-order valence-corrected chi connectivity index (χ1v) is 12.1. The summed E-state index contributed by atoms with van der Waals surface area (Å²) in [6, 6.07) is 11.8. The summed E-state index contributed by atoms with van der Waals surface area (Å²) in [5.74, 6) is 0.447. The number of allylic oxidation sites excluding steroid dienone is 7. The van der Waals surface area contributed by atoms with E-state index < -0.39 is 0 Å². The van der Waals surface area contributed by atoms with Crippen LogP contribution in [0.15, 0.2) is 96.0 Å². The molecule has 3 rings (SSSR count). The van der Waals surface area contributed by atoms with Crippen LogP contribution in [0.4, 0.5) is 0 Å². The maximum Gasteiger partial charge on any atom is 0.274 e. The maximum atomic E-state index is 13.6. The largest absolute Gasteiger partial charge is 0.481 e. The van der Waals surface area contributed by atoms with E-state index in [2.05, 4.69) is 16.5 Å². The Morgan fingerprint density at radius 2 is 2.00 bits per heavy atom. The molecule has 0 saturated heterocycles. The number of carbonyl (C=O) groups excluding carboxylic acids is 1. The van der Waals surface area contributed by atoms with Crippen LogP contribution in [0, 0.1) is 0 Å². The number of nitrogens with zero attached hydrogens (tertiary/aromatic N) is 5. The van der Waals surface area contributed by atoms with Crippen molar-refractivity contribution < 1.29 is 9.53 Å². The third-order valence-corrected chi connectivity index (χ3v) is 5.91. The minimum atomic E-state index is -0.104. The summed E-state index contributed by atoms with van der Waals surface area (Å²) in [6.45, 7) is 9.56. The quantitative estimate of drug-likeness (QED) is 0.400. The highest BCUT2D eigenvalue weighted by molar-refractivity contribution is 6.04. The fraction of sp³-hybridized carbons (Fsp3) is 0.276. The Balaban J connectivity index is 1.88. The fourth-order valence-electron chi connectivity index (χ4n) is 3.87. The maximum absolute atomic E-state index is 13.6. The first-order valence-electron chi connectivity index (χ1n) is 12.1. The van der Waals surface area contributed by atoms with Gasteiger partial charge in [0.2, 0.25) is 5.88 Å². The van der Waals surface area contributed by atoms with Crippen molar-refractivity contribution in [1.82, 2.24) is 19.6 Å². The number of hydrogen-bond donors (Lipinski definition) is 0. The van der Waals surface area contributed by atoms with Crippen molar-refractivity contribution in [2.24, 2.45) is 4.99 Å². The van der Waals surface area contributed by atoms with Gasteiger partial charge < -0.3 is 14.5 Å². The predicted molar refractivity (Wildman–Crippen MR) is 147 cm³/mol. The van der Waals surface area contributed by atoms with Gasteiger partial charge in [0.25, 0.3) is 5.91 Å². The van der Waals surface area contributed by atoms with Gasteiger partial charge in [-0.1, -0.05) is 61.2 Å². The van der Waals surface area contributed by atoms with Gasteiger partial charge in [0.15, 0.2) is 5.69 Å². The summed E-state index contributed by atoms with van der Waals surface area (Å²) in [7, 11) is 3.61. The molecular weight excluding hydrogens is 450 g/mol. The number of methoxy groups -OCH3 is 1. The molecule has 1 aliphatic heterocycles. The lowest BCUT2D eigenvalue weighted by Gasteiger charge is -2.26. The van der Waals surface area contributed by atoms with Crippen molar-refractivity contribution in [3.05, 3.63) is 96.7 Å². The van der Waals surface area contributed by atoms with Crippen molar-refractivity contribution in [3.63, 3.8) is 0 Å². The zero-order chi connectivity index (χ0) is 25.9. The van der Waals surface area contributed by atoms with Gasteiger partial charge in [0.1, 0.15) is 0 Å². The summed E-state index contributed by atoms with van der Waals surface area (Å²) in [4.78, 5) is 21.9. The van der Waals surface area contributed by atoms with Crippen LogP contribution in [0.1, 0.15) is 30.8 Å². The Kier molecular flexibility index (Phi) is 9.63. The fourth-order valence-corrected chi connectivity index (χ4v) is 3.87. The van der Waals surface area contributed by atoms with E-state index in [9.17, 15) is 4.79 Å². The molecule has 0 unspecified atom stereocenters. The van der Waals surface area contributed by atoms with Gasteiger partial charge in [-0.05, 0) is 38.5 Å². The lowest BCUT2D eigenvalue weighted by molar-refractivity contribution is 0.0749. The molecule has 0 radical (unpaired) electrons. The van der Waals surface area contributed by atoms with E-state index in [0.29, 0.717) is 37.6 Å².